The highest BCUT2D eigenvalue weighted by Crippen LogP contribution is 2.19. The van der Waals surface area contributed by atoms with Crippen LogP contribution in [0.3, 0.4) is 0 Å². The summed E-state index contributed by atoms with van der Waals surface area (Å²) in [5, 5.41) is 14.2. The number of nitrogens with zero attached hydrogens (tertiary/aromatic N) is 4. The first-order valence-corrected chi connectivity index (χ1v) is 12.2. The van der Waals surface area contributed by atoms with Crippen LogP contribution >= 0.6 is 11.8 Å². The Morgan fingerprint density at radius 1 is 1.15 bits per heavy atom. The van der Waals surface area contributed by atoms with Crippen LogP contribution in [0.2, 0.25) is 0 Å². The van der Waals surface area contributed by atoms with Crippen LogP contribution in [0.1, 0.15) is 36.7 Å². The zero-order valence-corrected chi connectivity index (χ0v) is 19.1. The van der Waals surface area contributed by atoms with Gasteiger partial charge in [-0.3, -0.25) is 18.9 Å². The number of aromatic nitrogens is 3. The van der Waals surface area contributed by atoms with E-state index in [1.807, 2.05) is 65.4 Å². The van der Waals surface area contributed by atoms with Gasteiger partial charge >= 0.3 is 6.03 Å². The molecule has 1 aromatic carbocycles. The molecule has 0 unspecified atom stereocenters. The summed E-state index contributed by atoms with van der Waals surface area (Å²) in [6.07, 6.45) is 4.93. The number of carbonyl (C=O) groups excluding carboxylic acids is 3. The molecule has 3 heterocycles. The third-order valence-electron chi connectivity index (χ3n) is 5.55. The van der Waals surface area contributed by atoms with Crippen molar-refractivity contribution in [2.24, 2.45) is 0 Å². The van der Waals surface area contributed by atoms with Crippen LogP contribution in [-0.4, -0.2) is 55.4 Å². The second kappa shape index (κ2) is 10.5. The topological polar surface area (TPSA) is 109 Å². The Bertz CT molecular complexity index is 1140. The Morgan fingerprint density at radius 3 is 2.73 bits per heavy atom. The van der Waals surface area contributed by atoms with Gasteiger partial charge in [-0.25, -0.2) is 4.79 Å². The van der Waals surface area contributed by atoms with E-state index in [-0.39, 0.29) is 37.2 Å². The maximum atomic E-state index is 12.8. The molecule has 0 radical (unpaired) electrons. The smallest absolute Gasteiger partial charge is 0.325 e. The van der Waals surface area contributed by atoms with Gasteiger partial charge in [-0.2, -0.15) is 11.8 Å². The quantitative estimate of drug-likeness (QED) is 0.445. The second-order valence-corrected chi connectivity index (χ2v) is 8.82. The van der Waals surface area contributed by atoms with E-state index in [1.54, 1.807) is 11.8 Å². The Labute approximate surface area is 195 Å². The molecular formula is C23H26N6O3S. The SMILES string of the molecule is CSCC[C@H](NC(=O)CC[C@H]1NC(=O)N(Cc2ccccc2)C1=O)c1nnc2ccccn12. The van der Waals surface area contributed by atoms with Crippen molar-refractivity contribution in [3.05, 3.63) is 66.1 Å². The molecule has 33 heavy (non-hydrogen) atoms. The molecule has 172 valence electrons. The van der Waals surface area contributed by atoms with Crippen molar-refractivity contribution in [2.45, 2.75) is 37.9 Å². The minimum Gasteiger partial charge on any atom is -0.346 e. The summed E-state index contributed by atoms with van der Waals surface area (Å²) in [5.41, 5.74) is 1.59. The number of hydrogen-bond donors (Lipinski definition) is 2. The Hall–Kier alpha value is -3.40. The van der Waals surface area contributed by atoms with Gasteiger partial charge in [0, 0.05) is 12.6 Å². The molecule has 1 saturated heterocycles. The summed E-state index contributed by atoms with van der Waals surface area (Å²) in [6, 6.07) is 13.5. The first-order chi connectivity index (χ1) is 16.1. The minimum atomic E-state index is -0.703. The molecule has 0 bridgehead atoms. The fraction of sp³-hybridized carbons (Fsp3) is 0.348. The summed E-state index contributed by atoms with van der Waals surface area (Å²) in [5.74, 6) is 1.02. The summed E-state index contributed by atoms with van der Waals surface area (Å²) in [4.78, 5) is 39.0. The van der Waals surface area contributed by atoms with Crippen molar-refractivity contribution >= 4 is 35.3 Å². The largest absolute Gasteiger partial charge is 0.346 e. The van der Waals surface area contributed by atoms with E-state index in [4.69, 9.17) is 0 Å². The van der Waals surface area contributed by atoms with Crippen LogP contribution in [-0.2, 0) is 16.1 Å². The van der Waals surface area contributed by atoms with E-state index in [9.17, 15) is 14.4 Å². The third kappa shape index (κ3) is 5.33. The van der Waals surface area contributed by atoms with Gasteiger partial charge in [-0.15, -0.1) is 10.2 Å². The molecule has 2 aromatic heterocycles. The number of carbonyl (C=O) groups is 3. The van der Waals surface area contributed by atoms with E-state index >= 15 is 0 Å². The van der Waals surface area contributed by atoms with Crippen LogP contribution in [0.15, 0.2) is 54.7 Å². The van der Waals surface area contributed by atoms with Crippen LogP contribution in [0.5, 0.6) is 0 Å². The maximum Gasteiger partial charge on any atom is 0.325 e. The lowest BCUT2D eigenvalue weighted by molar-refractivity contribution is -0.128. The summed E-state index contributed by atoms with van der Waals surface area (Å²) in [6.45, 7) is 0.213. The van der Waals surface area contributed by atoms with Crippen molar-refractivity contribution in [1.82, 2.24) is 30.1 Å². The normalized spacial score (nSPS) is 16.8. The van der Waals surface area contributed by atoms with Gasteiger partial charge in [0.05, 0.1) is 12.6 Å². The number of imide groups is 1. The molecule has 1 aliphatic rings. The molecular weight excluding hydrogens is 440 g/mol. The fourth-order valence-corrected chi connectivity index (χ4v) is 4.30. The van der Waals surface area contributed by atoms with Crippen LogP contribution in [0, 0.1) is 0 Å². The second-order valence-electron chi connectivity index (χ2n) is 7.84. The molecule has 0 saturated carbocycles. The van der Waals surface area contributed by atoms with Crippen LogP contribution in [0.25, 0.3) is 5.65 Å². The lowest BCUT2D eigenvalue weighted by Crippen LogP contribution is -2.34. The van der Waals surface area contributed by atoms with Gasteiger partial charge in [0.1, 0.15) is 6.04 Å². The first-order valence-electron chi connectivity index (χ1n) is 10.8. The van der Waals surface area contributed by atoms with E-state index in [2.05, 4.69) is 20.8 Å². The van der Waals surface area contributed by atoms with Crippen molar-refractivity contribution < 1.29 is 14.4 Å². The van der Waals surface area contributed by atoms with E-state index < -0.39 is 12.1 Å². The van der Waals surface area contributed by atoms with Crippen LogP contribution < -0.4 is 10.6 Å². The van der Waals surface area contributed by atoms with E-state index in [0.29, 0.717) is 17.9 Å². The van der Waals surface area contributed by atoms with Gasteiger partial charge in [0.15, 0.2) is 11.5 Å². The molecule has 1 aliphatic heterocycles. The number of nitrogens with one attached hydrogen (secondary N) is 2. The first kappa shape index (κ1) is 22.8. The average Bonchev–Trinajstić information content (AvgIpc) is 3.37. The Morgan fingerprint density at radius 2 is 1.94 bits per heavy atom. The van der Waals surface area contributed by atoms with Gasteiger partial charge in [0.2, 0.25) is 5.91 Å². The number of thioether (sulfide) groups is 1. The number of benzene rings is 1. The van der Waals surface area contributed by atoms with Crippen molar-refractivity contribution in [3.8, 4) is 0 Å². The summed E-state index contributed by atoms with van der Waals surface area (Å²) >= 11 is 1.69. The monoisotopic (exact) mass is 466 g/mol. The van der Waals surface area contributed by atoms with Crippen molar-refractivity contribution in [2.75, 3.05) is 12.0 Å². The maximum absolute atomic E-state index is 12.8. The third-order valence-corrected chi connectivity index (χ3v) is 6.19. The molecule has 4 rings (SSSR count). The van der Waals surface area contributed by atoms with Gasteiger partial charge in [-0.1, -0.05) is 36.4 Å². The molecule has 2 N–H and O–H groups in total. The van der Waals surface area contributed by atoms with Gasteiger partial charge in [-0.05, 0) is 42.5 Å². The summed E-state index contributed by atoms with van der Waals surface area (Å²) in [7, 11) is 0. The zero-order chi connectivity index (χ0) is 23.2. The molecule has 1 fully saturated rings. The molecule has 10 heteroatoms. The lowest BCUT2D eigenvalue weighted by atomic mass is 10.1. The Balaban J connectivity index is 1.36. The van der Waals surface area contributed by atoms with Crippen molar-refractivity contribution in [1.29, 1.82) is 0 Å². The highest BCUT2D eigenvalue weighted by Gasteiger charge is 2.37. The molecule has 2 atom stereocenters. The molecule has 0 aliphatic carbocycles. The highest BCUT2D eigenvalue weighted by molar-refractivity contribution is 7.98. The van der Waals surface area contributed by atoms with Gasteiger partial charge in [0.25, 0.3) is 5.91 Å². The number of fused-ring (bicyclic) bond motifs is 1. The number of pyridine rings is 1. The molecule has 3 aromatic rings. The average molecular weight is 467 g/mol. The standard InChI is InChI=1S/C23H26N6O3S/c1-33-14-12-17(21-27-26-19-9-5-6-13-28(19)21)24-20(30)11-10-18-22(31)29(23(32)25-18)15-16-7-3-2-4-8-16/h2-9,13,17-18H,10-12,14-15H2,1H3,(H,24,30)(H,25,32)/t17-,18+/m0/s1. The molecule has 9 nitrogen and oxygen atoms in total. The predicted octanol–water partition coefficient (Wildman–Crippen LogP) is 2.54. The number of urea groups is 1. The number of hydrogen-bond acceptors (Lipinski definition) is 6. The number of rotatable bonds is 10. The van der Waals surface area contributed by atoms with Crippen LogP contribution in [0.4, 0.5) is 4.79 Å². The number of amides is 4. The van der Waals surface area contributed by atoms with E-state index in [0.717, 1.165) is 11.3 Å². The highest BCUT2D eigenvalue weighted by atomic mass is 32.2. The summed E-state index contributed by atoms with van der Waals surface area (Å²) < 4.78 is 1.87. The Kier molecular flexibility index (Phi) is 7.23. The van der Waals surface area contributed by atoms with E-state index in [1.165, 1.54) is 4.90 Å². The fourth-order valence-electron chi connectivity index (χ4n) is 3.83. The molecule has 4 amide bonds. The van der Waals surface area contributed by atoms with Gasteiger partial charge < -0.3 is 10.6 Å². The zero-order valence-electron chi connectivity index (χ0n) is 18.3. The predicted molar refractivity (Wildman–Crippen MR) is 125 cm³/mol. The van der Waals surface area contributed by atoms with Crippen molar-refractivity contribution in [3.63, 3.8) is 0 Å². The lowest BCUT2D eigenvalue weighted by Gasteiger charge is -2.17. The molecule has 0 spiro atoms. The minimum absolute atomic E-state index is 0.113.